The number of aliphatic hydroxyl groups excluding tert-OH is 1. The SMILES string of the molecule is CCC(C)CCCCCCCCCCC(=O)O[C@H](COC(=O)CCCCCCCCCCC(C)C)COP(=O)(O)OCC(O)COP(=O)(O)OC[C@@H](COC(=O)CCCCCCCCCC(C)C)OC(=O)CCCCCCCCCCCCCC(C)C. The maximum Gasteiger partial charge on any atom is 0.472 e. The predicted octanol–water partition coefficient (Wildman–Crippen LogP) is 18.9. The molecule has 19 heteroatoms. The minimum absolute atomic E-state index is 0.104. The first kappa shape index (κ1) is 85.1. The molecule has 0 aromatic rings. The third-order valence-corrected chi connectivity index (χ3v) is 17.8. The van der Waals surface area contributed by atoms with Crippen molar-refractivity contribution < 1.29 is 80.2 Å². The lowest BCUT2D eigenvalue weighted by molar-refractivity contribution is -0.161. The molecule has 3 N–H and O–H groups in total. The van der Waals surface area contributed by atoms with E-state index in [9.17, 15) is 43.2 Å². The van der Waals surface area contributed by atoms with Crippen molar-refractivity contribution in [1.29, 1.82) is 0 Å². The average molecular weight is 1280 g/mol. The van der Waals surface area contributed by atoms with Crippen LogP contribution in [0, 0.1) is 23.7 Å². The van der Waals surface area contributed by atoms with Crippen LogP contribution in [-0.2, 0) is 65.4 Å². The predicted molar refractivity (Wildman–Crippen MR) is 349 cm³/mol. The van der Waals surface area contributed by atoms with E-state index in [-0.39, 0.29) is 25.7 Å². The normalized spacial score (nSPS) is 14.6. The smallest absolute Gasteiger partial charge is 0.462 e. The number of rotatable bonds is 65. The molecule has 0 spiro atoms. The molecule has 0 rings (SSSR count). The first-order chi connectivity index (χ1) is 41.6. The van der Waals surface area contributed by atoms with Crippen molar-refractivity contribution in [2.45, 2.75) is 350 Å². The highest BCUT2D eigenvalue weighted by Gasteiger charge is 2.30. The van der Waals surface area contributed by atoms with Crippen molar-refractivity contribution >= 4 is 39.5 Å². The Morgan fingerprint density at radius 1 is 0.322 bits per heavy atom. The number of phosphoric acid groups is 2. The van der Waals surface area contributed by atoms with Gasteiger partial charge in [0.2, 0.25) is 0 Å². The minimum Gasteiger partial charge on any atom is -0.462 e. The molecule has 87 heavy (non-hydrogen) atoms. The fraction of sp³-hybridized carbons (Fsp3) is 0.941. The van der Waals surface area contributed by atoms with E-state index in [2.05, 4.69) is 55.4 Å². The minimum atomic E-state index is -4.95. The third-order valence-electron chi connectivity index (χ3n) is 15.9. The molecular formula is C68H132O17P2. The van der Waals surface area contributed by atoms with Crippen LogP contribution in [0.25, 0.3) is 0 Å². The fourth-order valence-corrected chi connectivity index (χ4v) is 11.7. The summed E-state index contributed by atoms with van der Waals surface area (Å²) in [7, 11) is -9.90. The van der Waals surface area contributed by atoms with E-state index >= 15 is 0 Å². The number of unbranched alkanes of at least 4 members (excludes halogenated alkanes) is 30. The summed E-state index contributed by atoms with van der Waals surface area (Å²) >= 11 is 0. The molecule has 0 aliphatic heterocycles. The van der Waals surface area contributed by atoms with Crippen LogP contribution in [-0.4, -0.2) is 96.7 Å². The zero-order valence-electron chi connectivity index (χ0n) is 56.6. The lowest BCUT2D eigenvalue weighted by Crippen LogP contribution is -2.30. The second kappa shape index (κ2) is 57.9. The van der Waals surface area contributed by atoms with Gasteiger partial charge >= 0.3 is 39.5 Å². The Kier molecular flexibility index (Phi) is 56.6. The van der Waals surface area contributed by atoms with Gasteiger partial charge in [0.1, 0.15) is 19.3 Å². The third kappa shape index (κ3) is 61.3. The number of ether oxygens (including phenoxy) is 4. The largest absolute Gasteiger partial charge is 0.472 e. The quantitative estimate of drug-likeness (QED) is 0.0222. The average Bonchev–Trinajstić information content (AvgIpc) is 3.69. The van der Waals surface area contributed by atoms with Crippen LogP contribution in [0.1, 0.15) is 331 Å². The molecular weight excluding hydrogens is 1150 g/mol. The van der Waals surface area contributed by atoms with Gasteiger partial charge in [-0.15, -0.1) is 0 Å². The Morgan fingerprint density at radius 2 is 0.552 bits per heavy atom. The van der Waals surface area contributed by atoms with Crippen molar-refractivity contribution in [3.63, 3.8) is 0 Å². The maximum atomic E-state index is 13.0. The van der Waals surface area contributed by atoms with E-state index in [0.717, 1.165) is 114 Å². The molecule has 6 atom stereocenters. The van der Waals surface area contributed by atoms with Crippen LogP contribution in [0.2, 0.25) is 0 Å². The standard InChI is InChI=1S/C68H132O17P2/c1-9-61(8)47-39-31-23-16-18-26-35-43-51-68(73)85-63(54-78-65(70)48-40-32-24-17-15-21-29-37-45-59(4)5)56-82-86(74,75)80-52-62(69)53-81-87(76,77)83-57-64(55-79-66(71)49-41-33-27-19-22-30-38-46-60(6)7)84-67(72)50-42-34-25-14-12-10-11-13-20-28-36-44-58(2)3/h58-64,69H,9-57H2,1-8H3,(H,74,75)(H,76,77)/t61?,62?,63-,64-/m1/s1. The maximum absolute atomic E-state index is 13.0. The van der Waals surface area contributed by atoms with E-state index < -0.39 is 97.5 Å². The van der Waals surface area contributed by atoms with Crippen molar-refractivity contribution in [2.75, 3.05) is 39.6 Å². The zero-order valence-corrected chi connectivity index (χ0v) is 58.4. The van der Waals surface area contributed by atoms with Gasteiger partial charge < -0.3 is 33.8 Å². The van der Waals surface area contributed by atoms with Gasteiger partial charge in [-0.05, 0) is 49.4 Å². The highest BCUT2D eigenvalue weighted by Crippen LogP contribution is 2.45. The first-order valence-electron chi connectivity index (χ1n) is 35.2. The van der Waals surface area contributed by atoms with Crippen LogP contribution >= 0.6 is 15.6 Å². The Balaban J connectivity index is 5.26. The van der Waals surface area contributed by atoms with Gasteiger partial charge in [0.25, 0.3) is 0 Å². The van der Waals surface area contributed by atoms with Gasteiger partial charge in [0, 0.05) is 25.7 Å². The topological polar surface area (TPSA) is 237 Å². The van der Waals surface area contributed by atoms with Crippen LogP contribution in [0.15, 0.2) is 0 Å². The molecule has 4 unspecified atom stereocenters. The van der Waals surface area contributed by atoms with E-state index in [0.29, 0.717) is 31.6 Å². The molecule has 0 aliphatic carbocycles. The van der Waals surface area contributed by atoms with Crippen LogP contribution in [0.4, 0.5) is 0 Å². The molecule has 17 nitrogen and oxygen atoms in total. The van der Waals surface area contributed by atoms with Crippen molar-refractivity contribution in [3.8, 4) is 0 Å². The molecule has 0 aliphatic rings. The number of carbonyl (C=O) groups excluding carboxylic acids is 4. The molecule has 0 saturated carbocycles. The summed E-state index contributed by atoms with van der Waals surface area (Å²) in [5.41, 5.74) is 0. The van der Waals surface area contributed by atoms with Gasteiger partial charge in [0.15, 0.2) is 12.2 Å². The van der Waals surface area contributed by atoms with Crippen LogP contribution in [0.3, 0.4) is 0 Å². The summed E-state index contributed by atoms with van der Waals surface area (Å²) in [5, 5.41) is 10.6. The molecule has 516 valence electrons. The van der Waals surface area contributed by atoms with Gasteiger partial charge in [0.05, 0.1) is 26.4 Å². The first-order valence-corrected chi connectivity index (χ1v) is 38.2. The summed E-state index contributed by atoms with van der Waals surface area (Å²) in [6, 6.07) is 0. The summed E-state index contributed by atoms with van der Waals surface area (Å²) in [4.78, 5) is 72.4. The Hall–Kier alpha value is -1.94. The number of hydrogen-bond donors (Lipinski definition) is 3. The van der Waals surface area contributed by atoms with Gasteiger partial charge in [-0.2, -0.15) is 0 Å². The van der Waals surface area contributed by atoms with E-state index in [4.69, 9.17) is 37.0 Å². The van der Waals surface area contributed by atoms with Crippen molar-refractivity contribution in [2.24, 2.45) is 23.7 Å². The summed E-state index contributed by atoms with van der Waals surface area (Å²) in [6.45, 7) is 14.0. The second-order valence-corrected chi connectivity index (χ2v) is 29.1. The Morgan fingerprint density at radius 3 is 0.816 bits per heavy atom. The number of phosphoric ester groups is 2. The zero-order chi connectivity index (χ0) is 64.7. The summed E-state index contributed by atoms with van der Waals surface area (Å²) < 4.78 is 68.2. The number of aliphatic hydroxyl groups is 1. The lowest BCUT2D eigenvalue weighted by atomic mass is 9.99. The van der Waals surface area contributed by atoms with E-state index in [1.807, 2.05) is 0 Å². The fourth-order valence-electron chi connectivity index (χ4n) is 10.1. The Bertz CT molecular complexity index is 1730. The molecule has 0 aromatic heterocycles. The van der Waals surface area contributed by atoms with Crippen molar-refractivity contribution in [1.82, 2.24) is 0 Å². The molecule has 0 heterocycles. The second-order valence-electron chi connectivity index (χ2n) is 26.2. The summed E-state index contributed by atoms with van der Waals surface area (Å²) in [6.07, 6.45) is 39.0. The van der Waals surface area contributed by atoms with Gasteiger partial charge in [-0.3, -0.25) is 37.3 Å². The monoisotopic (exact) mass is 1280 g/mol. The Labute approximate surface area is 530 Å². The number of hydrogen-bond acceptors (Lipinski definition) is 15. The molecule has 0 aromatic carbocycles. The van der Waals surface area contributed by atoms with E-state index in [1.165, 1.54) is 128 Å². The van der Waals surface area contributed by atoms with E-state index in [1.54, 1.807) is 0 Å². The molecule has 0 saturated heterocycles. The molecule has 0 radical (unpaired) electrons. The highest BCUT2D eigenvalue weighted by atomic mass is 31.2. The molecule has 0 bridgehead atoms. The summed E-state index contributed by atoms with van der Waals surface area (Å²) in [5.74, 6) is 0.832. The van der Waals surface area contributed by atoms with Crippen molar-refractivity contribution in [3.05, 3.63) is 0 Å². The molecule has 0 fully saturated rings. The van der Waals surface area contributed by atoms with Crippen LogP contribution < -0.4 is 0 Å². The highest BCUT2D eigenvalue weighted by molar-refractivity contribution is 7.47. The van der Waals surface area contributed by atoms with Gasteiger partial charge in [-0.1, -0.05) is 280 Å². The van der Waals surface area contributed by atoms with Gasteiger partial charge in [-0.25, -0.2) is 9.13 Å². The number of esters is 4. The number of carbonyl (C=O) groups is 4. The van der Waals surface area contributed by atoms with Crippen LogP contribution in [0.5, 0.6) is 0 Å². The molecule has 0 amide bonds. The lowest BCUT2D eigenvalue weighted by Gasteiger charge is -2.21.